The van der Waals surface area contributed by atoms with Gasteiger partial charge in [-0.3, -0.25) is 9.69 Å². The van der Waals surface area contributed by atoms with Crippen LogP contribution in [0.25, 0.3) is 16.3 Å². The van der Waals surface area contributed by atoms with Crippen LogP contribution in [0.1, 0.15) is 18.7 Å². The molecule has 0 aliphatic heterocycles. The molecule has 0 N–H and O–H groups in total. The van der Waals surface area contributed by atoms with Crippen LogP contribution in [-0.4, -0.2) is 42.0 Å². The summed E-state index contributed by atoms with van der Waals surface area (Å²) < 4.78 is 0.986. The lowest BCUT2D eigenvalue weighted by molar-refractivity contribution is -0.114. The third kappa shape index (κ3) is 4.96. The topological polar surface area (TPSA) is 36.4 Å². The second-order valence-electron chi connectivity index (χ2n) is 5.95. The zero-order chi connectivity index (χ0) is 19.2. The zero-order valence-corrected chi connectivity index (χ0v) is 17.8. The Morgan fingerprint density at radius 1 is 1.19 bits per heavy atom. The van der Waals surface area contributed by atoms with Gasteiger partial charge in [0.1, 0.15) is 5.52 Å². The monoisotopic (exact) mass is 419 g/mol. The van der Waals surface area contributed by atoms with E-state index in [0.717, 1.165) is 34.7 Å². The third-order valence-electron chi connectivity index (χ3n) is 4.32. The number of hydrogen-bond acceptors (Lipinski definition) is 5. The van der Waals surface area contributed by atoms with Gasteiger partial charge in [-0.25, -0.2) is 4.98 Å². The maximum atomic E-state index is 12.9. The summed E-state index contributed by atoms with van der Waals surface area (Å²) >= 11 is 9.38. The molecule has 0 aliphatic rings. The number of carbonyl (C=O) groups excluding carboxylic acids is 1. The van der Waals surface area contributed by atoms with Crippen molar-refractivity contribution >= 4 is 61.6 Å². The van der Waals surface area contributed by atoms with Crippen molar-refractivity contribution in [1.82, 2.24) is 9.88 Å². The summed E-state index contributed by atoms with van der Waals surface area (Å²) in [7, 11) is 0. The summed E-state index contributed by atoms with van der Waals surface area (Å²) in [4.78, 5) is 22.7. The number of thiophene rings is 1. The Hall–Kier alpha value is -1.73. The molecule has 0 atom stereocenters. The molecule has 4 nitrogen and oxygen atoms in total. The van der Waals surface area contributed by atoms with Crippen LogP contribution in [0.4, 0.5) is 5.13 Å². The van der Waals surface area contributed by atoms with Crippen LogP contribution in [-0.2, 0) is 4.79 Å². The van der Waals surface area contributed by atoms with Crippen molar-refractivity contribution in [2.75, 3.05) is 31.1 Å². The molecule has 0 spiro atoms. The summed E-state index contributed by atoms with van der Waals surface area (Å²) in [6.45, 7) is 7.56. The summed E-state index contributed by atoms with van der Waals surface area (Å²) in [5, 5.41) is 3.30. The first kappa shape index (κ1) is 20.0. The second-order valence-corrected chi connectivity index (χ2v) is 8.34. The van der Waals surface area contributed by atoms with Gasteiger partial charge in [0.05, 0.1) is 9.72 Å². The second kappa shape index (κ2) is 9.46. The van der Waals surface area contributed by atoms with Gasteiger partial charge in [-0.15, -0.1) is 11.3 Å². The van der Waals surface area contributed by atoms with Crippen molar-refractivity contribution in [3.8, 4) is 0 Å². The first-order valence-corrected chi connectivity index (χ1v) is 11.0. The minimum Gasteiger partial charge on any atom is -0.302 e. The van der Waals surface area contributed by atoms with Crippen LogP contribution in [0.3, 0.4) is 0 Å². The average Bonchev–Trinajstić information content (AvgIpc) is 3.33. The molecule has 27 heavy (non-hydrogen) atoms. The number of amides is 1. The van der Waals surface area contributed by atoms with E-state index in [0.29, 0.717) is 16.7 Å². The minimum absolute atomic E-state index is 0.0641. The Morgan fingerprint density at radius 2 is 2.00 bits per heavy atom. The molecule has 3 aromatic rings. The maximum absolute atomic E-state index is 12.9. The van der Waals surface area contributed by atoms with Crippen LogP contribution >= 0.6 is 34.3 Å². The predicted molar refractivity (Wildman–Crippen MR) is 118 cm³/mol. The predicted octanol–water partition coefficient (Wildman–Crippen LogP) is 5.40. The molecule has 0 radical (unpaired) electrons. The van der Waals surface area contributed by atoms with Crippen LogP contribution < -0.4 is 4.90 Å². The Morgan fingerprint density at radius 3 is 2.67 bits per heavy atom. The van der Waals surface area contributed by atoms with Crippen molar-refractivity contribution in [3.63, 3.8) is 0 Å². The standard InChI is InChI=1S/C20H22ClN3OS2/c1-3-23(4-2)12-13-24(18(25)11-10-15-7-6-14-26-15)20-22-19-16(21)8-5-9-17(19)27-20/h5-11,14H,3-4,12-13H2,1-2H3. The number of aromatic nitrogens is 1. The Bertz CT molecular complexity index is 917. The van der Waals surface area contributed by atoms with E-state index < -0.39 is 0 Å². The van der Waals surface area contributed by atoms with E-state index in [2.05, 4.69) is 23.7 Å². The van der Waals surface area contributed by atoms with E-state index in [1.54, 1.807) is 22.3 Å². The quantitative estimate of drug-likeness (QED) is 0.458. The largest absolute Gasteiger partial charge is 0.302 e. The normalized spacial score (nSPS) is 11.7. The first-order valence-electron chi connectivity index (χ1n) is 8.92. The highest BCUT2D eigenvalue weighted by atomic mass is 35.5. The summed E-state index contributed by atoms with van der Waals surface area (Å²) in [5.41, 5.74) is 0.752. The third-order valence-corrected chi connectivity index (χ3v) is 6.51. The molecule has 2 heterocycles. The molecule has 142 valence electrons. The number of halogens is 1. The smallest absolute Gasteiger partial charge is 0.252 e. The molecule has 0 aliphatic carbocycles. The number of hydrogen-bond donors (Lipinski definition) is 0. The lowest BCUT2D eigenvalue weighted by Gasteiger charge is -2.23. The molecule has 0 saturated carbocycles. The van der Waals surface area contributed by atoms with Crippen molar-refractivity contribution in [2.24, 2.45) is 0 Å². The van der Waals surface area contributed by atoms with Crippen molar-refractivity contribution < 1.29 is 4.79 Å². The first-order chi connectivity index (χ1) is 13.1. The molecule has 1 amide bonds. The number of nitrogens with zero attached hydrogens (tertiary/aromatic N) is 3. The van der Waals surface area contributed by atoms with E-state index in [4.69, 9.17) is 11.6 Å². The number of carbonyl (C=O) groups is 1. The van der Waals surface area contributed by atoms with Gasteiger partial charge in [0.15, 0.2) is 5.13 Å². The molecule has 7 heteroatoms. The minimum atomic E-state index is -0.0641. The fourth-order valence-corrected chi connectivity index (χ4v) is 4.64. The average molecular weight is 420 g/mol. The fourth-order valence-electron chi connectivity index (χ4n) is 2.73. The van der Waals surface area contributed by atoms with Gasteiger partial charge in [0, 0.05) is 24.0 Å². The van der Waals surface area contributed by atoms with Crippen LogP contribution in [0.5, 0.6) is 0 Å². The Kier molecular flexibility index (Phi) is 7.01. The van der Waals surface area contributed by atoms with E-state index >= 15 is 0 Å². The molecule has 0 fully saturated rings. The summed E-state index contributed by atoms with van der Waals surface area (Å²) in [5.74, 6) is -0.0641. The lowest BCUT2D eigenvalue weighted by atomic mass is 10.3. The number of fused-ring (bicyclic) bond motifs is 1. The van der Waals surface area contributed by atoms with Crippen LogP contribution in [0.2, 0.25) is 5.02 Å². The van der Waals surface area contributed by atoms with Crippen molar-refractivity contribution in [3.05, 3.63) is 51.7 Å². The lowest BCUT2D eigenvalue weighted by Crippen LogP contribution is -2.38. The Labute approximate surface area is 172 Å². The summed E-state index contributed by atoms with van der Waals surface area (Å²) in [6.07, 6.45) is 3.49. The van der Waals surface area contributed by atoms with Gasteiger partial charge >= 0.3 is 0 Å². The van der Waals surface area contributed by atoms with E-state index in [9.17, 15) is 4.79 Å². The number of para-hydroxylation sites is 1. The molecule has 1 aromatic carbocycles. The van der Waals surface area contributed by atoms with Gasteiger partial charge in [-0.05, 0) is 42.7 Å². The highest BCUT2D eigenvalue weighted by Crippen LogP contribution is 2.33. The number of benzene rings is 1. The molecule has 0 saturated heterocycles. The van der Waals surface area contributed by atoms with Gasteiger partial charge in [-0.1, -0.05) is 48.9 Å². The molecule has 3 rings (SSSR count). The van der Waals surface area contributed by atoms with Gasteiger partial charge < -0.3 is 4.90 Å². The molecule has 2 aromatic heterocycles. The molecule has 0 unspecified atom stereocenters. The van der Waals surface area contributed by atoms with Crippen molar-refractivity contribution in [2.45, 2.75) is 13.8 Å². The van der Waals surface area contributed by atoms with Gasteiger partial charge in [0.25, 0.3) is 5.91 Å². The van der Waals surface area contributed by atoms with Gasteiger partial charge in [0.2, 0.25) is 0 Å². The number of rotatable bonds is 8. The fraction of sp³-hybridized carbons (Fsp3) is 0.300. The molecular weight excluding hydrogens is 398 g/mol. The molecule has 0 bridgehead atoms. The van der Waals surface area contributed by atoms with Crippen molar-refractivity contribution in [1.29, 1.82) is 0 Å². The number of anilines is 1. The number of thiazole rings is 1. The summed E-state index contributed by atoms with van der Waals surface area (Å²) in [6, 6.07) is 9.68. The SMILES string of the molecule is CCN(CC)CCN(C(=O)C=Cc1cccs1)c1nc2c(Cl)cccc2s1. The van der Waals surface area contributed by atoms with Crippen LogP contribution in [0.15, 0.2) is 41.8 Å². The zero-order valence-electron chi connectivity index (χ0n) is 15.4. The highest BCUT2D eigenvalue weighted by molar-refractivity contribution is 7.22. The highest BCUT2D eigenvalue weighted by Gasteiger charge is 2.19. The van der Waals surface area contributed by atoms with E-state index in [-0.39, 0.29) is 5.91 Å². The van der Waals surface area contributed by atoms with E-state index in [1.165, 1.54) is 11.3 Å². The van der Waals surface area contributed by atoms with E-state index in [1.807, 2.05) is 41.8 Å². The molecular formula is C20H22ClN3OS2. The van der Waals surface area contributed by atoms with Crippen LogP contribution in [0, 0.1) is 0 Å². The Balaban J connectivity index is 1.87. The maximum Gasteiger partial charge on any atom is 0.252 e. The van der Waals surface area contributed by atoms with Gasteiger partial charge in [-0.2, -0.15) is 0 Å². The number of likely N-dealkylation sites (N-methyl/N-ethyl adjacent to an activating group) is 1.